The lowest BCUT2D eigenvalue weighted by Crippen LogP contribution is -2.41. The molecule has 2 atom stereocenters. The molecule has 2 heterocycles. The Morgan fingerprint density at radius 2 is 1.88 bits per heavy atom. The zero-order valence-electron chi connectivity index (χ0n) is 13.6. The highest BCUT2D eigenvalue weighted by atomic mass is 79.9. The second-order valence-corrected chi connectivity index (χ2v) is 8.49. The largest absolute Gasteiger partial charge is 0.475 e. The van der Waals surface area contributed by atoms with E-state index in [0.29, 0.717) is 0 Å². The minimum atomic E-state index is 0.178. The third-order valence-corrected chi connectivity index (χ3v) is 6.50. The third kappa shape index (κ3) is 2.54. The van der Waals surface area contributed by atoms with Gasteiger partial charge >= 0.3 is 0 Å². The third-order valence-electron chi connectivity index (χ3n) is 5.29. The molecule has 4 heteroatoms. The fourth-order valence-electron chi connectivity index (χ4n) is 4.21. The van der Waals surface area contributed by atoms with E-state index in [1.54, 1.807) is 0 Å². The van der Waals surface area contributed by atoms with Gasteiger partial charge in [-0.15, -0.1) is 0 Å². The average molecular weight is 459 g/mol. The Kier molecular flexibility index (Phi) is 3.88. The summed E-state index contributed by atoms with van der Waals surface area (Å²) in [6.45, 7) is 1.07. The summed E-state index contributed by atoms with van der Waals surface area (Å²) in [5, 5.41) is 2.51. The van der Waals surface area contributed by atoms with Crippen LogP contribution in [0.1, 0.15) is 30.0 Å². The Hall–Kier alpha value is -1.36. The standard InChI is InChI=1S/C21H17Br2NO/c22-14-8-9-15-13(12-14)7-10-18-20(15)21(16-4-1-2-5-17(16)23)24-11-3-6-19(24)25-18/h1-2,4-5,7-10,12,19,21H,3,6,11H2. The van der Waals surface area contributed by atoms with Crippen LogP contribution in [0.4, 0.5) is 0 Å². The summed E-state index contributed by atoms with van der Waals surface area (Å²) in [6, 6.07) is 19.6. The van der Waals surface area contributed by atoms with E-state index in [1.165, 1.54) is 28.3 Å². The maximum Gasteiger partial charge on any atom is 0.153 e. The Labute approximate surface area is 164 Å². The van der Waals surface area contributed by atoms with Crippen LogP contribution in [0.5, 0.6) is 5.75 Å². The van der Waals surface area contributed by atoms with Crippen molar-refractivity contribution >= 4 is 42.6 Å². The van der Waals surface area contributed by atoms with Crippen molar-refractivity contribution in [3.8, 4) is 5.75 Å². The van der Waals surface area contributed by atoms with Crippen LogP contribution in [-0.4, -0.2) is 17.7 Å². The Balaban J connectivity index is 1.81. The number of rotatable bonds is 1. The highest BCUT2D eigenvalue weighted by Crippen LogP contribution is 2.48. The van der Waals surface area contributed by atoms with Gasteiger partial charge in [0.25, 0.3) is 0 Å². The molecular weight excluding hydrogens is 442 g/mol. The normalized spacial score (nSPS) is 22.5. The van der Waals surface area contributed by atoms with Gasteiger partial charge in [-0.25, -0.2) is 0 Å². The van der Waals surface area contributed by atoms with Crippen molar-refractivity contribution in [2.24, 2.45) is 0 Å². The molecule has 0 bridgehead atoms. The molecule has 0 N–H and O–H groups in total. The fraction of sp³-hybridized carbons (Fsp3) is 0.238. The summed E-state index contributed by atoms with van der Waals surface area (Å²) in [5.74, 6) is 1.03. The Bertz CT molecular complexity index is 971. The van der Waals surface area contributed by atoms with E-state index >= 15 is 0 Å². The molecular formula is C21H17Br2NO. The van der Waals surface area contributed by atoms with Gasteiger partial charge in [0.15, 0.2) is 6.23 Å². The molecule has 2 aliphatic rings. The first-order valence-corrected chi connectivity index (χ1v) is 10.2. The molecule has 0 amide bonds. The molecule has 25 heavy (non-hydrogen) atoms. The molecule has 1 fully saturated rings. The van der Waals surface area contributed by atoms with Crippen LogP contribution in [0.3, 0.4) is 0 Å². The highest BCUT2D eigenvalue weighted by molar-refractivity contribution is 9.10. The van der Waals surface area contributed by atoms with Crippen LogP contribution >= 0.6 is 31.9 Å². The Morgan fingerprint density at radius 1 is 1.00 bits per heavy atom. The quantitative estimate of drug-likeness (QED) is 0.426. The molecule has 3 aromatic rings. The summed E-state index contributed by atoms with van der Waals surface area (Å²) >= 11 is 7.38. The number of hydrogen-bond acceptors (Lipinski definition) is 2. The SMILES string of the molecule is Brc1ccc2c3c(ccc2c1)OC1CCCN1C3c1ccccc1Br. The van der Waals surface area contributed by atoms with E-state index in [9.17, 15) is 0 Å². The molecule has 2 unspecified atom stereocenters. The molecule has 0 aliphatic carbocycles. The van der Waals surface area contributed by atoms with E-state index in [1.807, 2.05) is 0 Å². The number of nitrogens with zero attached hydrogens (tertiary/aromatic N) is 1. The van der Waals surface area contributed by atoms with Crippen molar-refractivity contribution in [3.05, 3.63) is 74.7 Å². The molecule has 1 saturated heterocycles. The van der Waals surface area contributed by atoms with Crippen LogP contribution in [-0.2, 0) is 0 Å². The molecule has 0 spiro atoms. The van der Waals surface area contributed by atoms with E-state index in [0.717, 1.165) is 27.7 Å². The van der Waals surface area contributed by atoms with Crippen LogP contribution in [0, 0.1) is 0 Å². The van der Waals surface area contributed by atoms with Crippen molar-refractivity contribution < 1.29 is 4.74 Å². The monoisotopic (exact) mass is 457 g/mol. The van der Waals surface area contributed by atoms with Gasteiger partial charge in [-0.2, -0.15) is 0 Å². The van der Waals surface area contributed by atoms with Crippen LogP contribution in [0.15, 0.2) is 63.5 Å². The fourth-order valence-corrected chi connectivity index (χ4v) is 5.09. The smallest absolute Gasteiger partial charge is 0.153 e. The van der Waals surface area contributed by atoms with Gasteiger partial charge in [0, 0.05) is 21.1 Å². The number of fused-ring (bicyclic) bond motifs is 4. The van der Waals surface area contributed by atoms with E-state index in [2.05, 4.69) is 91.4 Å². The molecule has 0 radical (unpaired) electrons. The summed E-state index contributed by atoms with van der Waals surface area (Å²) in [4.78, 5) is 2.52. The molecule has 2 aliphatic heterocycles. The number of benzene rings is 3. The lowest BCUT2D eigenvalue weighted by Gasteiger charge is -2.40. The number of hydrogen-bond donors (Lipinski definition) is 0. The number of ether oxygens (including phenoxy) is 1. The van der Waals surface area contributed by atoms with Crippen LogP contribution in [0.2, 0.25) is 0 Å². The van der Waals surface area contributed by atoms with Gasteiger partial charge in [0.1, 0.15) is 5.75 Å². The molecule has 0 aromatic heterocycles. The molecule has 0 saturated carbocycles. The lowest BCUT2D eigenvalue weighted by molar-refractivity contribution is 0.0174. The first-order chi connectivity index (χ1) is 12.2. The van der Waals surface area contributed by atoms with Gasteiger partial charge < -0.3 is 4.74 Å². The van der Waals surface area contributed by atoms with Crippen LogP contribution < -0.4 is 4.74 Å². The maximum atomic E-state index is 6.38. The molecule has 5 rings (SSSR count). The predicted octanol–water partition coefficient (Wildman–Crippen LogP) is 6.27. The lowest BCUT2D eigenvalue weighted by atomic mass is 9.90. The van der Waals surface area contributed by atoms with E-state index in [4.69, 9.17) is 4.74 Å². The highest BCUT2D eigenvalue weighted by Gasteiger charge is 2.40. The first-order valence-electron chi connectivity index (χ1n) is 8.61. The van der Waals surface area contributed by atoms with Crippen molar-refractivity contribution in [2.45, 2.75) is 25.1 Å². The topological polar surface area (TPSA) is 12.5 Å². The van der Waals surface area contributed by atoms with E-state index in [-0.39, 0.29) is 12.3 Å². The average Bonchev–Trinajstić information content (AvgIpc) is 3.08. The van der Waals surface area contributed by atoms with Gasteiger partial charge in [-0.05, 0) is 53.4 Å². The van der Waals surface area contributed by atoms with Crippen molar-refractivity contribution in [1.82, 2.24) is 4.90 Å². The minimum absolute atomic E-state index is 0.178. The number of halogens is 2. The predicted molar refractivity (Wildman–Crippen MR) is 108 cm³/mol. The molecule has 2 nitrogen and oxygen atoms in total. The summed E-state index contributed by atoms with van der Waals surface area (Å²) in [6.07, 6.45) is 2.46. The van der Waals surface area contributed by atoms with Gasteiger partial charge in [-0.1, -0.05) is 62.2 Å². The molecule has 126 valence electrons. The van der Waals surface area contributed by atoms with Crippen molar-refractivity contribution in [1.29, 1.82) is 0 Å². The van der Waals surface area contributed by atoms with Gasteiger partial charge in [0.2, 0.25) is 0 Å². The van der Waals surface area contributed by atoms with Crippen molar-refractivity contribution in [3.63, 3.8) is 0 Å². The Morgan fingerprint density at radius 3 is 2.76 bits per heavy atom. The summed E-state index contributed by atoms with van der Waals surface area (Å²) in [5.41, 5.74) is 2.60. The molecule has 3 aromatic carbocycles. The van der Waals surface area contributed by atoms with Gasteiger partial charge in [-0.3, -0.25) is 4.90 Å². The van der Waals surface area contributed by atoms with Crippen molar-refractivity contribution in [2.75, 3.05) is 6.54 Å². The second-order valence-electron chi connectivity index (χ2n) is 6.72. The van der Waals surface area contributed by atoms with E-state index < -0.39 is 0 Å². The maximum absolute atomic E-state index is 6.38. The summed E-state index contributed by atoms with van der Waals surface area (Å²) < 4.78 is 8.65. The zero-order valence-corrected chi connectivity index (χ0v) is 16.8. The summed E-state index contributed by atoms with van der Waals surface area (Å²) in [7, 11) is 0. The first kappa shape index (κ1) is 15.9. The minimum Gasteiger partial charge on any atom is -0.475 e. The van der Waals surface area contributed by atoms with Crippen LogP contribution in [0.25, 0.3) is 10.8 Å². The zero-order chi connectivity index (χ0) is 17.0. The second kappa shape index (κ2) is 6.11. The van der Waals surface area contributed by atoms with Gasteiger partial charge in [0.05, 0.1) is 6.04 Å².